The van der Waals surface area contributed by atoms with Crippen molar-refractivity contribution in [2.75, 3.05) is 11.1 Å². The second-order valence-electron chi connectivity index (χ2n) is 4.45. The smallest absolute Gasteiger partial charge is 0.255 e. The Morgan fingerprint density at radius 2 is 2.00 bits per heavy atom. The summed E-state index contributed by atoms with van der Waals surface area (Å²) in [5, 5.41) is 12.5. The molecule has 0 aliphatic rings. The highest BCUT2D eigenvalue weighted by Gasteiger charge is 2.12. The molecule has 2 aromatic carbocycles. The monoisotopic (exact) mass is 334 g/mol. The number of anilines is 2. The minimum absolute atomic E-state index is 0.251. The molecule has 0 spiro atoms. The number of aliphatic hydroxyl groups excluding tert-OH is 1. The van der Waals surface area contributed by atoms with Gasteiger partial charge in [-0.2, -0.15) is 0 Å². The number of halogens is 1. The van der Waals surface area contributed by atoms with Crippen LogP contribution in [0.3, 0.4) is 0 Å². The van der Waals surface area contributed by atoms with Crippen LogP contribution in [0, 0.1) is 0 Å². The molecule has 4 nitrogen and oxygen atoms in total. The molecule has 20 heavy (non-hydrogen) atoms. The molecule has 4 N–H and O–H groups in total. The van der Waals surface area contributed by atoms with E-state index in [1.54, 1.807) is 43.3 Å². The zero-order valence-electron chi connectivity index (χ0n) is 10.9. The van der Waals surface area contributed by atoms with Gasteiger partial charge in [-0.25, -0.2) is 0 Å². The van der Waals surface area contributed by atoms with Crippen molar-refractivity contribution in [3.63, 3.8) is 0 Å². The number of nitrogen functional groups attached to an aromatic ring is 1. The standard InChI is InChI=1S/C15H15BrN2O2/c1-9(19)11-4-2-3-5-14(11)18-15(20)10-6-7-13(17)12(16)8-10/h2-9,19H,17H2,1H3,(H,18,20). The molecule has 1 atom stereocenters. The molecule has 0 bridgehead atoms. The fraction of sp³-hybridized carbons (Fsp3) is 0.133. The second-order valence-corrected chi connectivity index (χ2v) is 5.31. The molecule has 104 valence electrons. The Kier molecular flexibility index (Phi) is 4.42. The molecule has 1 unspecified atom stereocenters. The van der Waals surface area contributed by atoms with E-state index in [0.717, 1.165) is 0 Å². The fourth-order valence-corrected chi connectivity index (χ4v) is 2.22. The van der Waals surface area contributed by atoms with Crippen LogP contribution < -0.4 is 11.1 Å². The summed E-state index contributed by atoms with van der Waals surface area (Å²) in [5.41, 5.74) is 8.03. The minimum Gasteiger partial charge on any atom is -0.398 e. The van der Waals surface area contributed by atoms with Gasteiger partial charge in [0, 0.05) is 27.0 Å². The highest BCUT2D eigenvalue weighted by atomic mass is 79.9. The van der Waals surface area contributed by atoms with Gasteiger partial charge in [-0.05, 0) is 47.1 Å². The Bertz CT molecular complexity index is 642. The van der Waals surface area contributed by atoms with Crippen molar-refractivity contribution in [1.82, 2.24) is 0 Å². The number of carbonyl (C=O) groups is 1. The molecular weight excluding hydrogens is 320 g/mol. The second kappa shape index (κ2) is 6.07. The normalized spacial score (nSPS) is 11.9. The lowest BCUT2D eigenvalue weighted by Crippen LogP contribution is -2.14. The number of hydrogen-bond donors (Lipinski definition) is 3. The highest BCUT2D eigenvalue weighted by molar-refractivity contribution is 9.10. The van der Waals surface area contributed by atoms with Crippen LogP contribution in [0.15, 0.2) is 46.9 Å². The van der Waals surface area contributed by atoms with E-state index in [-0.39, 0.29) is 5.91 Å². The van der Waals surface area contributed by atoms with Gasteiger partial charge in [0.2, 0.25) is 0 Å². The number of nitrogens with two attached hydrogens (primary N) is 1. The predicted octanol–water partition coefficient (Wildman–Crippen LogP) is 3.34. The van der Waals surface area contributed by atoms with Crippen LogP contribution in [0.2, 0.25) is 0 Å². The average Bonchev–Trinajstić information content (AvgIpc) is 2.42. The SMILES string of the molecule is CC(O)c1ccccc1NC(=O)c1ccc(N)c(Br)c1. The number of aliphatic hydroxyl groups is 1. The van der Waals surface area contributed by atoms with Crippen LogP contribution >= 0.6 is 15.9 Å². The quantitative estimate of drug-likeness (QED) is 0.753. The van der Waals surface area contributed by atoms with E-state index in [4.69, 9.17) is 5.73 Å². The molecule has 2 aromatic rings. The Hall–Kier alpha value is -1.85. The molecule has 2 rings (SSSR count). The van der Waals surface area contributed by atoms with Gasteiger partial charge in [-0.3, -0.25) is 4.79 Å². The van der Waals surface area contributed by atoms with E-state index < -0.39 is 6.10 Å². The van der Waals surface area contributed by atoms with Gasteiger partial charge in [-0.1, -0.05) is 18.2 Å². The summed E-state index contributed by atoms with van der Waals surface area (Å²) in [4.78, 5) is 12.2. The number of rotatable bonds is 3. The molecule has 0 heterocycles. The maximum absolute atomic E-state index is 12.2. The zero-order valence-corrected chi connectivity index (χ0v) is 12.5. The van der Waals surface area contributed by atoms with Crippen molar-refractivity contribution in [2.24, 2.45) is 0 Å². The van der Waals surface area contributed by atoms with Crippen LogP contribution in [-0.2, 0) is 0 Å². The predicted molar refractivity (Wildman–Crippen MR) is 83.6 cm³/mol. The van der Waals surface area contributed by atoms with Crippen molar-refractivity contribution in [3.05, 3.63) is 58.1 Å². The first-order chi connectivity index (χ1) is 9.49. The van der Waals surface area contributed by atoms with E-state index >= 15 is 0 Å². The summed E-state index contributed by atoms with van der Waals surface area (Å²) < 4.78 is 0.675. The molecular formula is C15H15BrN2O2. The van der Waals surface area contributed by atoms with E-state index in [1.807, 2.05) is 6.07 Å². The van der Waals surface area contributed by atoms with Crippen LogP contribution in [0.25, 0.3) is 0 Å². The first-order valence-corrected chi connectivity index (χ1v) is 6.91. The number of para-hydroxylation sites is 1. The number of nitrogens with one attached hydrogen (secondary N) is 1. The molecule has 5 heteroatoms. The van der Waals surface area contributed by atoms with Gasteiger partial charge in [0.1, 0.15) is 0 Å². The van der Waals surface area contributed by atoms with Crippen LogP contribution in [0.4, 0.5) is 11.4 Å². The van der Waals surface area contributed by atoms with Crippen molar-refractivity contribution >= 4 is 33.2 Å². The van der Waals surface area contributed by atoms with E-state index in [1.165, 1.54) is 0 Å². The van der Waals surface area contributed by atoms with Gasteiger partial charge in [0.25, 0.3) is 5.91 Å². The molecule has 0 fully saturated rings. The topological polar surface area (TPSA) is 75.3 Å². The molecule has 0 saturated heterocycles. The third-order valence-corrected chi connectivity index (χ3v) is 3.61. The number of hydrogen-bond acceptors (Lipinski definition) is 3. The molecule has 0 aliphatic carbocycles. The lowest BCUT2D eigenvalue weighted by atomic mass is 10.1. The number of benzene rings is 2. The van der Waals surface area contributed by atoms with Crippen LogP contribution in [0.1, 0.15) is 28.9 Å². The van der Waals surface area contributed by atoms with E-state index in [0.29, 0.717) is 27.0 Å². The summed E-state index contributed by atoms with van der Waals surface area (Å²) >= 11 is 3.29. The Morgan fingerprint density at radius 1 is 1.30 bits per heavy atom. The van der Waals surface area contributed by atoms with Gasteiger partial charge < -0.3 is 16.2 Å². The zero-order chi connectivity index (χ0) is 14.7. The maximum atomic E-state index is 12.2. The third-order valence-electron chi connectivity index (χ3n) is 2.92. The molecule has 0 radical (unpaired) electrons. The largest absolute Gasteiger partial charge is 0.398 e. The van der Waals surface area contributed by atoms with Crippen molar-refractivity contribution in [2.45, 2.75) is 13.0 Å². The summed E-state index contributed by atoms with van der Waals surface area (Å²) in [7, 11) is 0. The van der Waals surface area contributed by atoms with Crippen molar-refractivity contribution in [1.29, 1.82) is 0 Å². The lowest BCUT2D eigenvalue weighted by Gasteiger charge is -2.13. The minimum atomic E-state index is -0.648. The molecule has 0 aromatic heterocycles. The summed E-state index contributed by atoms with van der Waals surface area (Å²) in [6.07, 6.45) is -0.648. The first-order valence-electron chi connectivity index (χ1n) is 6.12. The lowest BCUT2D eigenvalue weighted by molar-refractivity contribution is 0.102. The van der Waals surface area contributed by atoms with E-state index in [9.17, 15) is 9.90 Å². The highest BCUT2D eigenvalue weighted by Crippen LogP contribution is 2.24. The van der Waals surface area contributed by atoms with Crippen molar-refractivity contribution < 1.29 is 9.90 Å². The Morgan fingerprint density at radius 3 is 2.65 bits per heavy atom. The Balaban J connectivity index is 2.26. The number of amides is 1. The summed E-state index contributed by atoms with van der Waals surface area (Å²) in [6.45, 7) is 1.66. The third kappa shape index (κ3) is 3.18. The summed E-state index contributed by atoms with van der Waals surface area (Å²) in [5.74, 6) is -0.251. The van der Waals surface area contributed by atoms with Gasteiger partial charge in [0.05, 0.1) is 6.10 Å². The van der Waals surface area contributed by atoms with Crippen molar-refractivity contribution in [3.8, 4) is 0 Å². The molecule has 0 saturated carbocycles. The molecule has 0 aliphatic heterocycles. The van der Waals surface area contributed by atoms with Gasteiger partial charge in [0.15, 0.2) is 0 Å². The van der Waals surface area contributed by atoms with Gasteiger partial charge in [-0.15, -0.1) is 0 Å². The number of carbonyl (C=O) groups excluding carboxylic acids is 1. The summed E-state index contributed by atoms with van der Waals surface area (Å²) in [6, 6.07) is 12.1. The maximum Gasteiger partial charge on any atom is 0.255 e. The van der Waals surface area contributed by atoms with Crippen LogP contribution in [0.5, 0.6) is 0 Å². The Labute approximate surface area is 125 Å². The van der Waals surface area contributed by atoms with Gasteiger partial charge >= 0.3 is 0 Å². The average molecular weight is 335 g/mol. The van der Waals surface area contributed by atoms with E-state index in [2.05, 4.69) is 21.2 Å². The molecule has 1 amide bonds. The fourth-order valence-electron chi connectivity index (χ4n) is 1.84. The first kappa shape index (κ1) is 14.6. The van der Waals surface area contributed by atoms with Crippen LogP contribution in [-0.4, -0.2) is 11.0 Å².